The first-order chi connectivity index (χ1) is 10.0. The Morgan fingerprint density at radius 3 is 2.76 bits per heavy atom. The number of nitrogens with two attached hydrogens (primary N) is 1. The maximum Gasteiger partial charge on any atom is 0.340 e. The number of pyridine rings is 1. The van der Waals surface area contributed by atoms with Crippen molar-refractivity contribution in [3.8, 4) is 5.75 Å². The lowest BCUT2D eigenvalue weighted by atomic mass is 10.2. The summed E-state index contributed by atoms with van der Waals surface area (Å²) in [6, 6.07) is 7.04. The van der Waals surface area contributed by atoms with Crippen molar-refractivity contribution >= 4 is 39.1 Å². The van der Waals surface area contributed by atoms with Crippen molar-refractivity contribution in [3.05, 3.63) is 40.5 Å². The molecule has 1 aromatic carbocycles. The zero-order valence-electron chi connectivity index (χ0n) is 11.5. The predicted molar refractivity (Wildman–Crippen MR) is 84.0 cm³/mol. The molecule has 3 N–H and O–H groups in total. The van der Waals surface area contributed by atoms with E-state index in [1.54, 1.807) is 13.2 Å². The van der Waals surface area contributed by atoms with Crippen molar-refractivity contribution in [2.75, 3.05) is 25.3 Å². The van der Waals surface area contributed by atoms with Crippen molar-refractivity contribution in [2.24, 2.45) is 0 Å². The SMILES string of the molecule is COC(=O)c1cc(Nc2ccc(Br)c(OC)c2)ncc1N. The van der Waals surface area contributed by atoms with Crippen LogP contribution in [0.15, 0.2) is 34.9 Å². The van der Waals surface area contributed by atoms with Crippen molar-refractivity contribution in [1.29, 1.82) is 0 Å². The van der Waals surface area contributed by atoms with Crippen molar-refractivity contribution in [2.45, 2.75) is 0 Å². The summed E-state index contributed by atoms with van der Waals surface area (Å²) in [5.41, 5.74) is 7.00. The van der Waals surface area contributed by atoms with Crippen LogP contribution in [0, 0.1) is 0 Å². The van der Waals surface area contributed by atoms with Gasteiger partial charge in [-0.1, -0.05) is 0 Å². The summed E-state index contributed by atoms with van der Waals surface area (Å²) in [7, 11) is 2.88. The van der Waals surface area contributed by atoms with Crippen LogP contribution in [0.3, 0.4) is 0 Å². The molecule has 0 aliphatic carbocycles. The molecule has 21 heavy (non-hydrogen) atoms. The van der Waals surface area contributed by atoms with E-state index in [0.717, 1.165) is 10.2 Å². The highest BCUT2D eigenvalue weighted by molar-refractivity contribution is 9.10. The first-order valence-electron chi connectivity index (χ1n) is 5.99. The largest absolute Gasteiger partial charge is 0.495 e. The number of anilines is 3. The first kappa shape index (κ1) is 15.1. The third kappa shape index (κ3) is 3.43. The molecule has 1 aromatic heterocycles. The van der Waals surface area contributed by atoms with Crippen molar-refractivity contribution < 1.29 is 14.3 Å². The van der Waals surface area contributed by atoms with E-state index in [2.05, 4.69) is 31.0 Å². The fourth-order valence-corrected chi connectivity index (χ4v) is 2.11. The zero-order chi connectivity index (χ0) is 15.4. The summed E-state index contributed by atoms with van der Waals surface area (Å²) in [4.78, 5) is 15.7. The number of ether oxygens (including phenoxy) is 2. The molecular formula is C14H14BrN3O3. The molecule has 0 radical (unpaired) electrons. The molecule has 0 unspecified atom stereocenters. The highest BCUT2D eigenvalue weighted by atomic mass is 79.9. The second-order valence-corrected chi connectivity index (χ2v) is 4.98. The number of nitrogens with zero attached hydrogens (tertiary/aromatic N) is 1. The molecule has 0 atom stereocenters. The van der Waals surface area contributed by atoms with Gasteiger partial charge in [-0.3, -0.25) is 0 Å². The third-order valence-corrected chi connectivity index (χ3v) is 3.42. The topological polar surface area (TPSA) is 86.5 Å². The van der Waals surface area contributed by atoms with Gasteiger partial charge in [0.05, 0.1) is 36.1 Å². The second-order valence-electron chi connectivity index (χ2n) is 4.12. The average molecular weight is 352 g/mol. The molecule has 0 aliphatic heterocycles. The van der Waals surface area contributed by atoms with Gasteiger partial charge in [0.1, 0.15) is 11.6 Å². The number of nitrogen functional groups attached to an aromatic ring is 1. The van der Waals surface area contributed by atoms with Crippen molar-refractivity contribution in [3.63, 3.8) is 0 Å². The summed E-state index contributed by atoms with van der Waals surface area (Å²) >= 11 is 3.38. The lowest BCUT2D eigenvalue weighted by molar-refractivity contribution is 0.0602. The molecule has 0 saturated heterocycles. The Hall–Kier alpha value is -2.28. The molecule has 110 valence electrons. The summed E-state index contributed by atoms with van der Waals surface area (Å²) in [5.74, 6) is 0.656. The second kappa shape index (κ2) is 6.45. The number of hydrogen-bond donors (Lipinski definition) is 2. The summed E-state index contributed by atoms with van der Waals surface area (Å²) in [6.07, 6.45) is 1.41. The number of carbonyl (C=O) groups is 1. The van der Waals surface area contributed by atoms with Gasteiger partial charge < -0.3 is 20.5 Å². The average Bonchev–Trinajstić information content (AvgIpc) is 2.50. The van der Waals surface area contributed by atoms with E-state index < -0.39 is 5.97 Å². The Balaban J connectivity index is 2.29. The van der Waals surface area contributed by atoms with E-state index in [4.69, 9.17) is 10.5 Å². The van der Waals surface area contributed by atoms with Crippen LogP contribution in [0.25, 0.3) is 0 Å². The van der Waals surface area contributed by atoms with Gasteiger partial charge in [0.2, 0.25) is 0 Å². The molecule has 0 spiro atoms. The molecule has 2 aromatic rings. The minimum absolute atomic E-state index is 0.263. The number of rotatable bonds is 4. The monoisotopic (exact) mass is 351 g/mol. The van der Waals surface area contributed by atoms with Crippen LogP contribution in [0.1, 0.15) is 10.4 Å². The molecule has 1 heterocycles. The lowest BCUT2D eigenvalue weighted by Gasteiger charge is -2.10. The first-order valence-corrected chi connectivity index (χ1v) is 6.79. The molecule has 7 heteroatoms. The number of esters is 1. The van der Waals surface area contributed by atoms with Crippen LogP contribution in [0.4, 0.5) is 17.2 Å². The zero-order valence-corrected chi connectivity index (χ0v) is 13.1. The number of methoxy groups -OCH3 is 2. The third-order valence-electron chi connectivity index (χ3n) is 2.76. The molecule has 2 rings (SSSR count). The van der Waals surface area contributed by atoms with Crippen LogP contribution in [-0.4, -0.2) is 25.2 Å². The maximum atomic E-state index is 11.6. The summed E-state index contributed by atoms with van der Waals surface area (Å²) in [5, 5.41) is 3.08. The van der Waals surface area contributed by atoms with Gasteiger partial charge in [-0.05, 0) is 34.1 Å². The van der Waals surface area contributed by atoms with Gasteiger partial charge in [-0.25, -0.2) is 9.78 Å². The van der Waals surface area contributed by atoms with Gasteiger partial charge >= 0.3 is 5.97 Å². The minimum Gasteiger partial charge on any atom is -0.495 e. The van der Waals surface area contributed by atoms with Crippen LogP contribution in [-0.2, 0) is 4.74 Å². The number of nitrogens with one attached hydrogen (secondary N) is 1. The molecule has 0 fully saturated rings. The minimum atomic E-state index is -0.508. The Bertz CT molecular complexity index is 677. The summed E-state index contributed by atoms with van der Waals surface area (Å²) in [6.45, 7) is 0. The lowest BCUT2D eigenvalue weighted by Crippen LogP contribution is -2.07. The molecule has 0 amide bonds. The van der Waals surface area contributed by atoms with E-state index >= 15 is 0 Å². The van der Waals surface area contributed by atoms with E-state index in [-0.39, 0.29) is 11.3 Å². The van der Waals surface area contributed by atoms with E-state index in [0.29, 0.717) is 11.6 Å². The van der Waals surface area contributed by atoms with Gasteiger partial charge in [0.25, 0.3) is 0 Å². The van der Waals surface area contributed by atoms with Gasteiger partial charge in [0.15, 0.2) is 0 Å². The quantitative estimate of drug-likeness (QED) is 0.823. The fraction of sp³-hybridized carbons (Fsp3) is 0.143. The van der Waals surface area contributed by atoms with Crippen LogP contribution >= 0.6 is 15.9 Å². The molecule has 0 saturated carbocycles. The van der Waals surface area contributed by atoms with Crippen LogP contribution in [0.2, 0.25) is 0 Å². The number of halogens is 1. The van der Waals surface area contributed by atoms with E-state index in [1.165, 1.54) is 19.4 Å². The van der Waals surface area contributed by atoms with Crippen LogP contribution in [0.5, 0.6) is 5.75 Å². The Morgan fingerprint density at radius 1 is 1.33 bits per heavy atom. The van der Waals surface area contributed by atoms with E-state index in [9.17, 15) is 4.79 Å². The van der Waals surface area contributed by atoms with Crippen molar-refractivity contribution in [1.82, 2.24) is 4.98 Å². The smallest absolute Gasteiger partial charge is 0.340 e. The molecule has 0 bridgehead atoms. The number of benzene rings is 1. The number of hydrogen-bond acceptors (Lipinski definition) is 6. The number of aromatic nitrogens is 1. The fourth-order valence-electron chi connectivity index (χ4n) is 1.71. The van der Waals surface area contributed by atoms with Gasteiger partial charge in [0, 0.05) is 11.8 Å². The Kier molecular flexibility index (Phi) is 4.64. The number of carbonyl (C=O) groups excluding carboxylic acids is 1. The Labute approximate surface area is 130 Å². The van der Waals surface area contributed by atoms with E-state index in [1.807, 2.05) is 12.1 Å². The molecule has 0 aliphatic rings. The van der Waals surface area contributed by atoms with Gasteiger partial charge in [-0.2, -0.15) is 0 Å². The molecular weight excluding hydrogens is 338 g/mol. The van der Waals surface area contributed by atoms with Crippen LogP contribution < -0.4 is 15.8 Å². The Morgan fingerprint density at radius 2 is 2.10 bits per heavy atom. The highest BCUT2D eigenvalue weighted by Crippen LogP contribution is 2.29. The summed E-state index contributed by atoms with van der Waals surface area (Å²) < 4.78 is 10.7. The maximum absolute atomic E-state index is 11.6. The van der Waals surface area contributed by atoms with Gasteiger partial charge in [-0.15, -0.1) is 0 Å². The molecule has 6 nitrogen and oxygen atoms in total. The predicted octanol–water partition coefficient (Wildman–Crippen LogP) is 2.97. The normalized spacial score (nSPS) is 10.0. The highest BCUT2D eigenvalue weighted by Gasteiger charge is 2.12. The standard InChI is InChI=1S/C14H14BrN3O3/c1-20-12-5-8(3-4-10(12)15)18-13-6-9(14(19)21-2)11(16)7-17-13/h3-7H,16H2,1-2H3,(H,17,18).